The summed E-state index contributed by atoms with van der Waals surface area (Å²) in [4.78, 5) is 48.4. The summed E-state index contributed by atoms with van der Waals surface area (Å²) in [7, 11) is 0. The molecule has 10 nitrogen and oxygen atoms in total. The number of aliphatic carboxylic acids is 1. The van der Waals surface area contributed by atoms with Gasteiger partial charge in [0.1, 0.15) is 6.04 Å². The van der Waals surface area contributed by atoms with E-state index in [1.54, 1.807) is 11.0 Å². The van der Waals surface area contributed by atoms with Gasteiger partial charge in [0.05, 0.1) is 39.5 Å². The highest BCUT2D eigenvalue weighted by Crippen LogP contribution is 2.30. The van der Waals surface area contributed by atoms with Crippen molar-refractivity contribution < 1.29 is 38.5 Å². The normalized spacial score (nSPS) is 17.9. The molecule has 1 atom stereocenters. The van der Waals surface area contributed by atoms with Crippen LogP contribution in [0.2, 0.25) is 0 Å². The Labute approximate surface area is 192 Å². The largest absolute Gasteiger partial charge is 0.481 e. The average molecular weight is 462 g/mol. The van der Waals surface area contributed by atoms with E-state index in [-0.39, 0.29) is 31.3 Å². The van der Waals surface area contributed by atoms with Gasteiger partial charge in [-0.05, 0) is 36.5 Å². The van der Waals surface area contributed by atoms with E-state index in [1.807, 2.05) is 12.1 Å². The van der Waals surface area contributed by atoms with Gasteiger partial charge in [-0.25, -0.2) is 0 Å². The van der Waals surface area contributed by atoms with Crippen molar-refractivity contribution in [1.82, 2.24) is 10.2 Å². The Morgan fingerprint density at radius 2 is 1.73 bits per heavy atom. The van der Waals surface area contributed by atoms with Crippen molar-refractivity contribution in [2.75, 3.05) is 39.6 Å². The Hall–Kier alpha value is -2.82. The molecule has 0 aromatic heterocycles. The van der Waals surface area contributed by atoms with Crippen LogP contribution in [-0.2, 0) is 41.6 Å². The summed E-state index contributed by atoms with van der Waals surface area (Å²) in [5, 5.41) is 10.8. The van der Waals surface area contributed by atoms with Gasteiger partial charge in [0, 0.05) is 25.1 Å². The molecule has 1 aromatic carbocycles. The highest BCUT2D eigenvalue weighted by Gasteiger charge is 2.39. The average Bonchev–Trinajstić information content (AvgIpc) is 3.11. The second-order valence-corrected chi connectivity index (χ2v) is 7.93. The van der Waals surface area contributed by atoms with Crippen molar-refractivity contribution in [3.63, 3.8) is 0 Å². The third-order valence-electron chi connectivity index (χ3n) is 5.62. The highest BCUT2D eigenvalue weighted by atomic mass is 16.5. The van der Waals surface area contributed by atoms with Crippen LogP contribution >= 0.6 is 0 Å². The van der Waals surface area contributed by atoms with Crippen LogP contribution in [0.5, 0.6) is 0 Å². The number of benzene rings is 1. The zero-order chi connectivity index (χ0) is 23.6. The number of rotatable bonds is 14. The predicted molar refractivity (Wildman–Crippen MR) is 116 cm³/mol. The molecule has 10 heteroatoms. The van der Waals surface area contributed by atoms with E-state index in [0.717, 1.165) is 24.0 Å². The van der Waals surface area contributed by atoms with Gasteiger partial charge in [0.2, 0.25) is 11.8 Å². The number of nitrogens with zero attached hydrogens (tertiary/aromatic N) is 1. The van der Waals surface area contributed by atoms with Crippen LogP contribution in [0.25, 0.3) is 0 Å². The number of hydrogen-bond donors (Lipinski definition) is 2. The highest BCUT2D eigenvalue weighted by molar-refractivity contribution is 6.05. The maximum absolute atomic E-state index is 12.9. The number of aryl methyl sites for hydroxylation is 1. The first-order valence-corrected chi connectivity index (χ1v) is 11.2. The Bertz CT molecular complexity index is 872. The number of ether oxygens (including phenoxy) is 3. The number of carboxylic acids is 1. The Morgan fingerprint density at radius 3 is 2.42 bits per heavy atom. The van der Waals surface area contributed by atoms with Crippen LogP contribution in [0, 0.1) is 0 Å². The summed E-state index contributed by atoms with van der Waals surface area (Å²) in [5.74, 6) is -1.75. The minimum Gasteiger partial charge on any atom is -0.481 e. The zero-order valence-electron chi connectivity index (χ0n) is 18.5. The number of hydrogen-bond acceptors (Lipinski definition) is 7. The van der Waals surface area contributed by atoms with Crippen molar-refractivity contribution >= 4 is 23.7 Å². The summed E-state index contributed by atoms with van der Waals surface area (Å²) >= 11 is 0. The van der Waals surface area contributed by atoms with Crippen molar-refractivity contribution in [3.05, 3.63) is 34.9 Å². The van der Waals surface area contributed by atoms with Gasteiger partial charge < -0.3 is 24.2 Å². The van der Waals surface area contributed by atoms with Crippen LogP contribution in [0.3, 0.4) is 0 Å². The van der Waals surface area contributed by atoms with Gasteiger partial charge >= 0.3 is 5.97 Å². The van der Waals surface area contributed by atoms with Crippen LogP contribution in [0.15, 0.2) is 18.2 Å². The number of amides is 3. The summed E-state index contributed by atoms with van der Waals surface area (Å²) in [5.41, 5.74) is 2.63. The Kier molecular flexibility index (Phi) is 9.35. The maximum atomic E-state index is 12.9. The van der Waals surface area contributed by atoms with Gasteiger partial charge in [0.25, 0.3) is 5.91 Å². The second kappa shape index (κ2) is 12.4. The van der Waals surface area contributed by atoms with Gasteiger partial charge in [-0.1, -0.05) is 12.1 Å². The lowest BCUT2D eigenvalue weighted by atomic mass is 10.00. The number of nitrogens with one attached hydrogen (secondary N) is 1. The summed E-state index contributed by atoms with van der Waals surface area (Å²) in [6, 6.07) is 5.02. The third-order valence-corrected chi connectivity index (χ3v) is 5.62. The SMILES string of the molecule is O=C(O)CCOCCOCCOCCCc1cccc2c1CN(C1CCC(=O)NC1=O)C2=O. The molecule has 2 heterocycles. The summed E-state index contributed by atoms with van der Waals surface area (Å²) < 4.78 is 16.1. The smallest absolute Gasteiger partial charge is 0.305 e. The minimum atomic E-state index is -0.886. The summed E-state index contributed by atoms with van der Waals surface area (Å²) in [6.45, 7) is 2.71. The first-order valence-electron chi connectivity index (χ1n) is 11.2. The van der Waals surface area contributed by atoms with E-state index >= 15 is 0 Å². The van der Waals surface area contributed by atoms with E-state index in [0.29, 0.717) is 51.6 Å². The maximum Gasteiger partial charge on any atom is 0.305 e. The molecule has 0 saturated carbocycles. The molecule has 0 radical (unpaired) electrons. The Balaban J connectivity index is 1.34. The molecule has 1 unspecified atom stereocenters. The molecule has 180 valence electrons. The van der Waals surface area contributed by atoms with E-state index in [1.165, 1.54) is 0 Å². The molecule has 2 aliphatic heterocycles. The van der Waals surface area contributed by atoms with E-state index in [4.69, 9.17) is 19.3 Å². The lowest BCUT2D eigenvalue weighted by molar-refractivity contribution is -0.139. The zero-order valence-corrected chi connectivity index (χ0v) is 18.5. The number of fused-ring (bicyclic) bond motifs is 1. The quantitative estimate of drug-likeness (QED) is 0.308. The minimum absolute atomic E-state index is 0.0170. The molecule has 2 aliphatic rings. The van der Waals surface area contributed by atoms with E-state index in [9.17, 15) is 19.2 Å². The fraction of sp³-hybridized carbons (Fsp3) is 0.565. The second-order valence-electron chi connectivity index (χ2n) is 7.93. The van der Waals surface area contributed by atoms with Gasteiger partial charge in [0.15, 0.2) is 0 Å². The number of piperidine rings is 1. The number of carbonyl (C=O) groups is 4. The molecule has 2 N–H and O–H groups in total. The van der Waals surface area contributed by atoms with Crippen LogP contribution in [0.4, 0.5) is 0 Å². The standard InChI is InChI=1S/C23H30N2O8/c26-20-7-6-19(22(29)24-20)25-15-18-16(3-1-5-17(18)23(25)30)4-2-9-31-11-13-33-14-12-32-10-8-21(27)28/h1,3,5,19H,2,4,6-15H2,(H,27,28)(H,24,26,29). The molecule has 3 rings (SSSR count). The summed E-state index contributed by atoms with van der Waals surface area (Å²) in [6.07, 6.45) is 2.10. The molecule has 1 aromatic rings. The van der Waals surface area contributed by atoms with Crippen molar-refractivity contribution in [1.29, 1.82) is 0 Å². The van der Waals surface area contributed by atoms with Crippen LogP contribution < -0.4 is 5.32 Å². The predicted octanol–water partition coefficient (Wildman–Crippen LogP) is 0.905. The number of imide groups is 1. The van der Waals surface area contributed by atoms with Crippen molar-refractivity contribution in [2.45, 2.75) is 44.7 Å². The molecule has 0 aliphatic carbocycles. The van der Waals surface area contributed by atoms with Gasteiger partial charge in [-0.3, -0.25) is 24.5 Å². The first kappa shape index (κ1) is 24.8. The third kappa shape index (κ3) is 7.08. The topological polar surface area (TPSA) is 131 Å². The molecule has 1 saturated heterocycles. The lowest BCUT2D eigenvalue weighted by Gasteiger charge is -2.29. The molecular weight excluding hydrogens is 432 g/mol. The molecule has 33 heavy (non-hydrogen) atoms. The van der Waals surface area contributed by atoms with Gasteiger partial charge in [-0.15, -0.1) is 0 Å². The van der Waals surface area contributed by atoms with Crippen LogP contribution in [-0.4, -0.2) is 79.4 Å². The molecule has 1 fully saturated rings. The van der Waals surface area contributed by atoms with Crippen molar-refractivity contribution in [2.24, 2.45) is 0 Å². The molecule has 0 spiro atoms. The van der Waals surface area contributed by atoms with Crippen molar-refractivity contribution in [3.8, 4) is 0 Å². The Morgan fingerprint density at radius 1 is 1.03 bits per heavy atom. The number of carbonyl (C=O) groups excluding carboxylic acids is 3. The fourth-order valence-electron chi connectivity index (χ4n) is 3.95. The van der Waals surface area contributed by atoms with E-state index < -0.39 is 17.9 Å². The molecule has 0 bridgehead atoms. The fourth-order valence-corrected chi connectivity index (χ4v) is 3.95. The molecular formula is C23H30N2O8. The van der Waals surface area contributed by atoms with Gasteiger partial charge in [-0.2, -0.15) is 0 Å². The monoisotopic (exact) mass is 462 g/mol. The van der Waals surface area contributed by atoms with E-state index in [2.05, 4.69) is 5.32 Å². The van der Waals surface area contributed by atoms with Crippen LogP contribution in [0.1, 0.15) is 47.2 Å². The lowest BCUT2D eigenvalue weighted by Crippen LogP contribution is -2.52. The first-order chi connectivity index (χ1) is 16.0. The number of carboxylic acid groups (broad SMARTS) is 1. The molecule has 3 amide bonds.